The maximum atomic E-state index is 12.3. The summed E-state index contributed by atoms with van der Waals surface area (Å²) >= 11 is 0. The monoisotopic (exact) mass is 244 g/mol. The van der Waals surface area contributed by atoms with Gasteiger partial charge < -0.3 is 0 Å². The van der Waals surface area contributed by atoms with Gasteiger partial charge in [0.2, 0.25) is 0 Å². The van der Waals surface area contributed by atoms with Crippen molar-refractivity contribution in [1.82, 2.24) is 9.78 Å². The number of aromatic nitrogens is 2. The Morgan fingerprint density at radius 1 is 1.17 bits per heavy atom. The van der Waals surface area contributed by atoms with Crippen molar-refractivity contribution in [2.45, 2.75) is 40.2 Å². The molecule has 0 atom stereocenters. The lowest BCUT2D eigenvalue weighted by atomic mass is 10.0. The van der Waals surface area contributed by atoms with Crippen LogP contribution in [0.2, 0.25) is 0 Å². The number of nitrogens with zero attached hydrogens (tertiary/aromatic N) is 1. The maximum absolute atomic E-state index is 12.3. The number of rotatable bonds is 4. The van der Waals surface area contributed by atoms with Gasteiger partial charge in [-0.1, -0.05) is 43.2 Å². The standard InChI is InChI=1S/C15H20N2O/c1-4-6-13-14(15(18)17(5-2)16-13)12-9-7-11(3)8-10-12/h7-10,16H,4-6H2,1-3H3. The van der Waals surface area contributed by atoms with E-state index in [0.717, 1.165) is 29.7 Å². The number of hydrogen-bond acceptors (Lipinski definition) is 1. The van der Waals surface area contributed by atoms with Crippen LogP contribution in [-0.2, 0) is 13.0 Å². The van der Waals surface area contributed by atoms with Gasteiger partial charge in [0.05, 0.1) is 5.56 Å². The summed E-state index contributed by atoms with van der Waals surface area (Å²) in [6, 6.07) is 8.15. The first-order valence-electron chi connectivity index (χ1n) is 6.56. The fraction of sp³-hybridized carbons (Fsp3) is 0.400. The minimum atomic E-state index is 0.0878. The van der Waals surface area contributed by atoms with Gasteiger partial charge in [-0.3, -0.25) is 14.6 Å². The maximum Gasteiger partial charge on any atom is 0.274 e. The predicted octanol–water partition coefficient (Wildman–Crippen LogP) is 3.12. The van der Waals surface area contributed by atoms with Crippen LogP contribution >= 0.6 is 0 Å². The van der Waals surface area contributed by atoms with Crippen LogP contribution in [0.15, 0.2) is 29.1 Å². The summed E-state index contributed by atoms with van der Waals surface area (Å²) in [5.74, 6) is 0. The number of benzene rings is 1. The molecule has 18 heavy (non-hydrogen) atoms. The van der Waals surface area contributed by atoms with Crippen molar-refractivity contribution in [1.29, 1.82) is 0 Å². The highest BCUT2D eigenvalue weighted by atomic mass is 16.1. The molecule has 1 aromatic heterocycles. The third kappa shape index (κ3) is 2.26. The highest BCUT2D eigenvalue weighted by Crippen LogP contribution is 2.20. The summed E-state index contributed by atoms with van der Waals surface area (Å²) in [6.07, 6.45) is 1.94. The Morgan fingerprint density at radius 2 is 1.83 bits per heavy atom. The molecule has 0 aliphatic rings. The number of aromatic amines is 1. The average Bonchev–Trinajstić information content (AvgIpc) is 2.68. The van der Waals surface area contributed by atoms with Crippen LogP contribution < -0.4 is 5.56 Å². The van der Waals surface area contributed by atoms with Gasteiger partial charge in [0, 0.05) is 12.2 Å². The van der Waals surface area contributed by atoms with Crippen molar-refractivity contribution < 1.29 is 0 Å². The molecule has 0 saturated carbocycles. The lowest BCUT2D eigenvalue weighted by Crippen LogP contribution is -2.16. The second kappa shape index (κ2) is 5.25. The van der Waals surface area contributed by atoms with E-state index >= 15 is 0 Å². The topological polar surface area (TPSA) is 37.8 Å². The molecular weight excluding hydrogens is 224 g/mol. The summed E-state index contributed by atoms with van der Waals surface area (Å²) < 4.78 is 1.68. The summed E-state index contributed by atoms with van der Waals surface area (Å²) in [6.45, 7) is 6.84. The molecule has 3 nitrogen and oxygen atoms in total. The third-order valence-corrected chi connectivity index (χ3v) is 3.19. The minimum absolute atomic E-state index is 0.0878. The van der Waals surface area contributed by atoms with Crippen LogP contribution in [0, 0.1) is 6.92 Å². The number of aryl methyl sites for hydroxylation is 3. The average molecular weight is 244 g/mol. The summed E-state index contributed by atoms with van der Waals surface area (Å²) in [5, 5.41) is 3.22. The Labute approximate surface area is 107 Å². The van der Waals surface area contributed by atoms with Crippen LogP contribution in [0.4, 0.5) is 0 Å². The molecule has 0 radical (unpaired) electrons. The van der Waals surface area contributed by atoms with Gasteiger partial charge in [0.25, 0.3) is 5.56 Å². The molecule has 1 N–H and O–H groups in total. The number of H-pyrrole nitrogens is 1. The van der Waals surface area contributed by atoms with Crippen molar-refractivity contribution in [3.05, 3.63) is 45.9 Å². The van der Waals surface area contributed by atoms with Crippen molar-refractivity contribution >= 4 is 0 Å². The smallest absolute Gasteiger partial charge is 0.274 e. The van der Waals surface area contributed by atoms with Crippen molar-refractivity contribution in [2.75, 3.05) is 0 Å². The first kappa shape index (κ1) is 12.7. The van der Waals surface area contributed by atoms with Gasteiger partial charge in [-0.25, -0.2) is 0 Å². The van der Waals surface area contributed by atoms with Gasteiger partial charge in [-0.2, -0.15) is 0 Å². The largest absolute Gasteiger partial charge is 0.299 e. The van der Waals surface area contributed by atoms with E-state index in [4.69, 9.17) is 0 Å². The molecular formula is C15H20N2O. The minimum Gasteiger partial charge on any atom is -0.299 e. The molecule has 2 rings (SSSR count). The molecule has 3 heteroatoms. The fourth-order valence-corrected chi connectivity index (χ4v) is 2.21. The van der Waals surface area contributed by atoms with Gasteiger partial charge in [-0.15, -0.1) is 0 Å². The molecule has 0 fully saturated rings. The second-order valence-electron chi connectivity index (χ2n) is 4.63. The van der Waals surface area contributed by atoms with Crippen molar-refractivity contribution in [2.24, 2.45) is 0 Å². The number of hydrogen-bond donors (Lipinski definition) is 1. The van der Waals surface area contributed by atoms with Gasteiger partial charge in [-0.05, 0) is 25.8 Å². The first-order chi connectivity index (χ1) is 8.67. The second-order valence-corrected chi connectivity index (χ2v) is 4.63. The van der Waals surface area contributed by atoms with E-state index in [0.29, 0.717) is 6.54 Å². The quantitative estimate of drug-likeness (QED) is 0.881. The first-order valence-corrected chi connectivity index (χ1v) is 6.56. The van der Waals surface area contributed by atoms with E-state index < -0.39 is 0 Å². The van der Waals surface area contributed by atoms with Crippen LogP contribution in [0.3, 0.4) is 0 Å². The van der Waals surface area contributed by atoms with E-state index in [9.17, 15) is 4.79 Å². The van der Waals surface area contributed by atoms with E-state index in [1.54, 1.807) is 4.68 Å². The highest BCUT2D eigenvalue weighted by Gasteiger charge is 2.14. The Morgan fingerprint density at radius 3 is 2.39 bits per heavy atom. The lowest BCUT2D eigenvalue weighted by Gasteiger charge is -2.01. The van der Waals surface area contributed by atoms with Crippen LogP contribution in [0.5, 0.6) is 0 Å². The molecule has 1 aromatic carbocycles. The van der Waals surface area contributed by atoms with Crippen LogP contribution in [-0.4, -0.2) is 9.78 Å². The zero-order chi connectivity index (χ0) is 13.1. The van der Waals surface area contributed by atoms with Gasteiger partial charge in [0.15, 0.2) is 0 Å². The molecule has 2 aromatic rings. The lowest BCUT2D eigenvalue weighted by molar-refractivity contribution is 0.625. The molecule has 96 valence electrons. The zero-order valence-corrected chi connectivity index (χ0v) is 11.3. The van der Waals surface area contributed by atoms with E-state index in [-0.39, 0.29) is 5.56 Å². The predicted molar refractivity (Wildman–Crippen MR) is 74.9 cm³/mol. The molecule has 0 spiro atoms. The van der Waals surface area contributed by atoms with Crippen LogP contribution in [0.1, 0.15) is 31.5 Å². The summed E-state index contributed by atoms with van der Waals surface area (Å²) in [5.41, 5.74) is 4.19. The van der Waals surface area contributed by atoms with Gasteiger partial charge in [0.1, 0.15) is 0 Å². The molecule has 0 amide bonds. The Bertz CT molecular complexity index is 576. The van der Waals surface area contributed by atoms with Crippen molar-refractivity contribution in [3.63, 3.8) is 0 Å². The number of nitrogens with one attached hydrogen (secondary N) is 1. The summed E-state index contributed by atoms with van der Waals surface area (Å²) in [4.78, 5) is 12.3. The normalized spacial score (nSPS) is 10.8. The Hall–Kier alpha value is -1.77. The molecule has 0 aliphatic heterocycles. The highest BCUT2D eigenvalue weighted by molar-refractivity contribution is 5.65. The summed E-state index contributed by atoms with van der Waals surface area (Å²) in [7, 11) is 0. The molecule has 0 aliphatic carbocycles. The van der Waals surface area contributed by atoms with E-state index in [1.165, 1.54) is 5.56 Å². The molecule has 1 heterocycles. The molecule has 0 saturated heterocycles. The third-order valence-electron chi connectivity index (χ3n) is 3.19. The van der Waals surface area contributed by atoms with Gasteiger partial charge >= 0.3 is 0 Å². The van der Waals surface area contributed by atoms with Crippen LogP contribution in [0.25, 0.3) is 11.1 Å². The molecule has 0 unspecified atom stereocenters. The molecule has 0 bridgehead atoms. The van der Waals surface area contributed by atoms with Crippen molar-refractivity contribution in [3.8, 4) is 11.1 Å². The van der Waals surface area contributed by atoms with E-state index in [2.05, 4.69) is 18.9 Å². The van der Waals surface area contributed by atoms with E-state index in [1.807, 2.05) is 31.2 Å². The fourth-order valence-electron chi connectivity index (χ4n) is 2.21. The SMILES string of the molecule is CCCc1[nH]n(CC)c(=O)c1-c1ccc(C)cc1. The zero-order valence-electron chi connectivity index (χ0n) is 11.3. The Balaban J connectivity index is 2.57. The Kier molecular flexibility index (Phi) is 3.70.